The zero-order valence-electron chi connectivity index (χ0n) is 19.7. The van der Waals surface area contributed by atoms with E-state index in [0.717, 1.165) is 49.7 Å². The maximum absolute atomic E-state index is 10.6. The minimum absolute atomic E-state index is 0.0541. The van der Waals surface area contributed by atoms with Crippen LogP contribution in [-0.4, -0.2) is 51.8 Å². The maximum Gasteiger partial charge on any atom is 0.490 e. The van der Waals surface area contributed by atoms with E-state index in [0.29, 0.717) is 19.1 Å². The molecule has 0 aliphatic carbocycles. The quantitative estimate of drug-likeness (QED) is 0.531. The summed E-state index contributed by atoms with van der Waals surface area (Å²) in [6.07, 6.45) is -0.435. The van der Waals surface area contributed by atoms with E-state index in [4.69, 9.17) is 24.0 Å². The van der Waals surface area contributed by atoms with Gasteiger partial charge < -0.3 is 19.6 Å². The minimum Gasteiger partial charge on any atom is -0.475 e. The van der Waals surface area contributed by atoms with Crippen molar-refractivity contribution < 1.29 is 32.2 Å². The third-order valence-electron chi connectivity index (χ3n) is 6.17. The van der Waals surface area contributed by atoms with Crippen LogP contribution in [0.1, 0.15) is 34.6 Å². The van der Waals surface area contributed by atoms with Crippen molar-refractivity contribution in [3.63, 3.8) is 0 Å². The van der Waals surface area contributed by atoms with Crippen LogP contribution in [0.4, 0.5) is 19.1 Å². The number of aromatic nitrogens is 2. The molecule has 1 spiro atoms. The van der Waals surface area contributed by atoms with Crippen molar-refractivity contribution in [2.75, 3.05) is 25.0 Å². The number of hydrogen-bond acceptors (Lipinski definition) is 7. The number of rotatable bonds is 5. The van der Waals surface area contributed by atoms with Crippen molar-refractivity contribution in [1.29, 1.82) is 0 Å². The van der Waals surface area contributed by atoms with Crippen LogP contribution >= 0.6 is 0 Å². The molecule has 2 aromatic heterocycles. The lowest BCUT2D eigenvalue weighted by molar-refractivity contribution is -0.192. The number of carboxylic acid groups (broad SMARTS) is 1. The van der Waals surface area contributed by atoms with Crippen molar-refractivity contribution in [3.8, 4) is 0 Å². The van der Waals surface area contributed by atoms with Gasteiger partial charge in [0.2, 0.25) is 5.95 Å². The first kappa shape index (κ1) is 25.6. The van der Waals surface area contributed by atoms with Gasteiger partial charge in [-0.15, -0.1) is 0 Å². The van der Waals surface area contributed by atoms with Gasteiger partial charge in [-0.1, -0.05) is 29.8 Å². The molecule has 1 fully saturated rings. The second-order valence-electron chi connectivity index (χ2n) is 9.03. The number of furan rings is 1. The number of likely N-dealkylation sites (tertiary alicyclic amines) is 1. The Labute approximate surface area is 206 Å². The molecule has 36 heavy (non-hydrogen) atoms. The number of alkyl halides is 3. The van der Waals surface area contributed by atoms with Gasteiger partial charge in [0.15, 0.2) is 0 Å². The predicted octanol–water partition coefficient (Wildman–Crippen LogP) is 4.30. The number of aryl methyl sites for hydroxylation is 1. The van der Waals surface area contributed by atoms with Gasteiger partial charge in [-0.2, -0.15) is 13.2 Å². The Hall–Kier alpha value is -3.44. The molecule has 4 heterocycles. The molecule has 0 radical (unpaired) electrons. The van der Waals surface area contributed by atoms with Gasteiger partial charge in [-0.05, 0) is 37.6 Å². The summed E-state index contributed by atoms with van der Waals surface area (Å²) in [5, 5.41) is 10.4. The van der Waals surface area contributed by atoms with Crippen LogP contribution in [0, 0.1) is 6.92 Å². The van der Waals surface area contributed by atoms with Crippen LogP contribution in [0.5, 0.6) is 0 Å². The highest BCUT2D eigenvalue weighted by Crippen LogP contribution is 2.39. The Morgan fingerprint density at radius 2 is 2.08 bits per heavy atom. The average Bonchev–Trinajstić information content (AvgIpc) is 3.49. The smallest absolute Gasteiger partial charge is 0.475 e. The normalized spacial score (nSPS) is 19.4. The van der Waals surface area contributed by atoms with E-state index >= 15 is 0 Å². The SMILES string of the molecule is Cc1cccc(CN2CCC3(COCc4cnc(NCc5ccco5)nc43)C2)c1.O=C(O)C(F)(F)F. The van der Waals surface area contributed by atoms with E-state index in [1.807, 2.05) is 18.3 Å². The maximum atomic E-state index is 10.6. The summed E-state index contributed by atoms with van der Waals surface area (Å²) in [5.74, 6) is -1.24. The molecule has 2 aliphatic heterocycles. The predicted molar refractivity (Wildman–Crippen MR) is 124 cm³/mol. The van der Waals surface area contributed by atoms with E-state index in [2.05, 4.69) is 46.4 Å². The average molecular weight is 505 g/mol. The van der Waals surface area contributed by atoms with Gasteiger partial charge in [-0.3, -0.25) is 4.90 Å². The fourth-order valence-corrected chi connectivity index (χ4v) is 4.53. The van der Waals surface area contributed by atoms with Gasteiger partial charge in [0.1, 0.15) is 5.76 Å². The Morgan fingerprint density at radius 3 is 2.78 bits per heavy atom. The Kier molecular flexibility index (Phi) is 7.60. The summed E-state index contributed by atoms with van der Waals surface area (Å²) in [7, 11) is 0. The van der Waals surface area contributed by atoms with Crippen molar-refractivity contribution >= 4 is 11.9 Å². The molecule has 1 atom stereocenters. The molecule has 1 unspecified atom stereocenters. The second-order valence-corrected chi connectivity index (χ2v) is 9.03. The molecular weight excluding hydrogens is 477 g/mol. The Morgan fingerprint density at radius 1 is 1.28 bits per heavy atom. The first-order valence-corrected chi connectivity index (χ1v) is 11.4. The first-order valence-electron chi connectivity index (χ1n) is 11.4. The number of fused-ring (bicyclic) bond motifs is 2. The molecule has 0 amide bonds. The number of anilines is 1. The number of hydrogen-bond donors (Lipinski definition) is 2. The van der Waals surface area contributed by atoms with E-state index in [-0.39, 0.29) is 5.41 Å². The molecule has 3 aromatic rings. The molecule has 0 saturated carbocycles. The first-order chi connectivity index (χ1) is 17.1. The van der Waals surface area contributed by atoms with E-state index < -0.39 is 12.1 Å². The van der Waals surface area contributed by atoms with Crippen LogP contribution in [0.25, 0.3) is 0 Å². The number of aliphatic carboxylic acids is 1. The number of carbonyl (C=O) groups is 1. The standard InChI is InChI=1S/C23H26N4O2.C2HF3O2/c1-17-4-2-5-18(10-17)13-27-8-7-23(15-27)16-28-14-19-11-24-22(26-21(19)23)25-12-20-6-3-9-29-20;3-2(4,5)1(6)7/h2-6,9-11H,7-8,12-16H2,1H3,(H,24,25,26);(H,6,7). The van der Waals surface area contributed by atoms with Crippen molar-refractivity contribution in [2.45, 2.75) is 44.6 Å². The minimum atomic E-state index is -5.08. The van der Waals surface area contributed by atoms with Crippen LogP contribution in [-0.2, 0) is 34.6 Å². The number of halogens is 3. The lowest BCUT2D eigenvalue weighted by atomic mass is 9.80. The van der Waals surface area contributed by atoms with Gasteiger partial charge in [0, 0.05) is 24.8 Å². The van der Waals surface area contributed by atoms with Crippen LogP contribution in [0.3, 0.4) is 0 Å². The van der Waals surface area contributed by atoms with Gasteiger partial charge in [-0.25, -0.2) is 14.8 Å². The molecule has 192 valence electrons. The van der Waals surface area contributed by atoms with Crippen molar-refractivity contribution in [1.82, 2.24) is 14.9 Å². The zero-order chi connectivity index (χ0) is 25.8. The third kappa shape index (κ3) is 6.21. The van der Waals surface area contributed by atoms with Gasteiger partial charge in [0.05, 0.1) is 37.1 Å². The highest BCUT2D eigenvalue weighted by atomic mass is 19.4. The zero-order valence-corrected chi connectivity index (χ0v) is 19.7. The van der Waals surface area contributed by atoms with Crippen LogP contribution in [0.2, 0.25) is 0 Å². The highest BCUT2D eigenvalue weighted by molar-refractivity contribution is 5.73. The Balaban J connectivity index is 0.000000384. The summed E-state index contributed by atoms with van der Waals surface area (Å²) in [4.78, 5) is 20.8. The molecule has 5 rings (SSSR count). The lowest BCUT2D eigenvalue weighted by Crippen LogP contribution is -2.40. The largest absolute Gasteiger partial charge is 0.490 e. The topological polar surface area (TPSA) is 101 Å². The molecular formula is C25H27F3N4O4. The number of nitrogens with one attached hydrogen (secondary N) is 1. The lowest BCUT2D eigenvalue weighted by Gasteiger charge is -2.34. The number of ether oxygens (including phenoxy) is 1. The number of nitrogens with zero attached hydrogens (tertiary/aromatic N) is 3. The fourth-order valence-electron chi connectivity index (χ4n) is 4.53. The second kappa shape index (κ2) is 10.7. The summed E-state index contributed by atoms with van der Waals surface area (Å²) < 4.78 is 43.1. The van der Waals surface area contributed by atoms with Gasteiger partial charge in [0.25, 0.3) is 0 Å². The fraction of sp³-hybridized carbons (Fsp3) is 0.400. The molecule has 1 saturated heterocycles. The molecule has 2 N–H and O–H groups in total. The molecule has 0 bridgehead atoms. The molecule has 2 aliphatic rings. The Bertz CT molecular complexity index is 1190. The summed E-state index contributed by atoms with van der Waals surface area (Å²) in [6.45, 7) is 7.02. The van der Waals surface area contributed by atoms with Crippen LogP contribution in [0.15, 0.2) is 53.3 Å². The number of carboxylic acids is 1. The third-order valence-corrected chi connectivity index (χ3v) is 6.17. The summed E-state index contributed by atoms with van der Waals surface area (Å²) in [5.41, 5.74) is 4.87. The molecule has 8 nitrogen and oxygen atoms in total. The van der Waals surface area contributed by atoms with Crippen molar-refractivity contribution in [2.24, 2.45) is 0 Å². The summed E-state index contributed by atoms with van der Waals surface area (Å²) >= 11 is 0. The van der Waals surface area contributed by atoms with E-state index in [1.54, 1.807) is 6.26 Å². The van der Waals surface area contributed by atoms with E-state index in [9.17, 15) is 13.2 Å². The molecule has 1 aromatic carbocycles. The number of benzene rings is 1. The summed E-state index contributed by atoms with van der Waals surface area (Å²) in [6, 6.07) is 12.6. The van der Waals surface area contributed by atoms with Crippen molar-refractivity contribution in [3.05, 3.63) is 77.0 Å². The monoisotopic (exact) mass is 504 g/mol. The van der Waals surface area contributed by atoms with E-state index in [1.165, 1.54) is 11.1 Å². The highest BCUT2D eigenvalue weighted by Gasteiger charge is 2.45. The molecule has 11 heteroatoms. The van der Waals surface area contributed by atoms with Crippen LogP contribution < -0.4 is 5.32 Å². The van der Waals surface area contributed by atoms with Gasteiger partial charge >= 0.3 is 12.1 Å².